The number of aryl methyl sites for hydroxylation is 1. The minimum absolute atomic E-state index is 0.128. The number of nitrogens with two attached hydrogens (primary N) is 1. The highest BCUT2D eigenvalue weighted by Gasteiger charge is 2.18. The van der Waals surface area contributed by atoms with Gasteiger partial charge in [0.2, 0.25) is 11.8 Å². The van der Waals surface area contributed by atoms with E-state index in [1.54, 1.807) is 0 Å². The van der Waals surface area contributed by atoms with Gasteiger partial charge in [-0.25, -0.2) is 0 Å². The van der Waals surface area contributed by atoms with Gasteiger partial charge in [-0.3, -0.25) is 4.79 Å². The van der Waals surface area contributed by atoms with Crippen LogP contribution in [0.3, 0.4) is 0 Å². The lowest BCUT2D eigenvalue weighted by Crippen LogP contribution is -2.15. The van der Waals surface area contributed by atoms with Crippen molar-refractivity contribution in [2.24, 2.45) is 5.73 Å². The Labute approximate surface area is 178 Å². The number of aromatic nitrogens is 3. The van der Waals surface area contributed by atoms with Crippen molar-refractivity contribution >= 4 is 34.3 Å². The number of fused-ring (bicyclic) bond motifs is 1. The Balaban J connectivity index is 1.34. The van der Waals surface area contributed by atoms with E-state index in [1.807, 2.05) is 56.4 Å². The van der Waals surface area contributed by atoms with Gasteiger partial charge in [0.15, 0.2) is 0 Å². The van der Waals surface area contributed by atoms with Crippen molar-refractivity contribution in [2.45, 2.75) is 31.5 Å². The third kappa shape index (κ3) is 4.39. The van der Waals surface area contributed by atoms with Gasteiger partial charge in [-0.05, 0) is 49.1 Å². The first kappa shape index (κ1) is 20.2. The molecule has 2 aromatic heterocycles. The van der Waals surface area contributed by atoms with E-state index in [0.717, 1.165) is 33.3 Å². The smallest absolute Gasteiger partial charge is 0.277 e. The molecule has 2 aromatic carbocycles. The SMILES string of the molecule is Cc1cccc(NC(=O)CSc2nnc([C@H](N)Cc3c[nH]c4ccccc34)o2)c1C. The zero-order valence-corrected chi connectivity index (χ0v) is 17.6. The summed E-state index contributed by atoms with van der Waals surface area (Å²) < 4.78 is 5.68. The lowest BCUT2D eigenvalue weighted by atomic mass is 10.1. The maximum absolute atomic E-state index is 12.3. The summed E-state index contributed by atoms with van der Waals surface area (Å²) in [6.07, 6.45) is 2.53. The van der Waals surface area contributed by atoms with Gasteiger partial charge in [0.25, 0.3) is 5.22 Å². The first-order valence-electron chi connectivity index (χ1n) is 9.64. The number of para-hydroxylation sites is 1. The van der Waals surface area contributed by atoms with Crippen LogP contribution in [-0.2, 0) is 11.2 Å². The van der Waals surface area contributed by atoms with Gasteiger partial charge in [0.05, 0.1) is 11.8 Å². The molecular weight excluding hydrogens is 398 g/mol. The zero-order chi connectivity index (χ0) is 21.1. The van der Waals surface area contributed by atoms with Gasteiger partial charge in [0.1, 0.15) is 0 Å². The van der Waals surface area contributed by atoms with E-state index in [2.05, 4.69) is 26.6 Å². The number of anilines is 1. The predicted molar refractivity (Wildman–Crippen MR) is 118 cm³/mol. The normalized spacial score (nSPS) is 12.2. The first-order valence-corrected chi connectivity index (χ1v) is 10.6. The second kappa shape index (κ2) is 8.73. The van der Waals surface area contributed by atoms with Crippen molar-refractivity contribution in [1.82, 2.24) is 15.2 Å². The van der Waals surface area contributed by atoms with E-state index >= 15 is 0 Å². The van der Waals surface area contributed by atoms with Crippen molar-refractivity contribution in [3.05, 3.63) is 71.2 Å². The third-order valence-electron chi connectivity index (χ3n) is 5.06. The van der Waals surface area contributed by atoms with Crippen LogP contribution in [0.1, 0.15) is 28.6 Å². The molecule has 8 heteroatoms. The van der Waals surface area contributed by atoms with E-state index in [0.29, 0.717) is 17.5 Å². The van der Waals surface area contributed by atoms with Gasteiger partial charge in [0, 0.05) is 22.8 Å². The number of aromatic amines is 1. The number of carbonyl (C=O) groups excluding carboxylic acids is 1. The lowest BCUT2D eigenvalue weighted by Gasteiger charge is -2.09. The Morgan fingerprint density at radius 1 is 1.20 bits per heavy atom. The largest absolute Gasteiger partial charge is 0.414 e. The summed E-state index contributed by atoms with van der Waals surface area (Å²) in [4.78, 5) is 15.5. The molecule has 0 radical (unpaired) electrons. The molecule has 2 heterocycles. The second-order valence-corrected chi connectivity index (χ2v) is 8.09. The van der Waals surface area contributed by atoms with Crippen molar-refractivity contribution in [3.63, 3.8) is 0 Å². The predicted octanol–water partition coefficient (Wildman–Crippen LogP) is 4.14. The van der Waals surface area contributed by atoms with Crippen LogP contribution < -0.4 is 11.1 Å². The molecule has 0 spiro atoms. The topological polar surface area (TPSA) is 110 Å². The van der Waals surface area contributed by atoms with Crippen molar-refractivity contribution in [2.75, 3.05) is 11.1 Å². The number of hydrogen-bond donors (Lipinski definition) is 3. The highest BCUT2D eigenvalue weighted by molar-refractivity contribution is 7.99. The average Bonchev–Trinajstić information content (AvgIpc) is 3.38. The van der Waals surface area contributed by atoms with Crippen LogP contribution in [0, 0.1) is 13.8 Å². The number of carbonyl (C=O) groups is 1. The highest BCUT2D eigenvalue weighted by Crippen LogP contribution is 2.25. The summed E-state index contributed by atoms with van der Waals surface area (Å²) in [7, 11) is 0. The fourth-order valence-electron chi connectivity index (χ4n) is 3.25. The molecule has 7 nitrogen and oxygen atoms in total. The average molecular weight is 422 g/mol. The van der Waals surface area contributed by atoms with Gasteiger partial charge < -0.3 is 20.5 Å². The standard InChI is InChI=1S/C22H23N5O2S/c1-13-6-5-9-18(14(13)2)25-20(28)12-30-22-27-26-21(29-22)17(23)10-15-11-24-19-8-4-3-7-16(15)19/h3-9,11,17,24H,10,12,23H2,1-2H3,(H,25,28)/t17-/m1/s1. The van der Waals surface area contributed by atoms with Gasteiger partial charge in [-0.1, -0.05) is 42.1 Å². The number of thioether (sulfide) groups is 1. The molecule has 0 unspecified atom stereocenters. The van der Waals surface area contributed by atoms with E-state index in [9.17, 15) is 4.79 Å². The molecule has 4 aromatic rings. The third-order valence-corrected chi connectivity index (χ3v) is 5.88. The maximum Gasteiger partial charge on any atom is 0.277 e. The fourth-order valence-corrected chi connectivity index (χ4v) is 3.82. The molecule has 30 heavy (non-hydrogen) atoms. The Hall–Kier alpha value is -3.10. The number of nitrogens with one attached hydrogen (secondary N) is 2. The number of nitrogens with zero attached hydrogens (tertiary/aromatic N) is 2. The number of rotatable bonds is 7. The van der Waals surface area contributed by atoms with E-state index in [4.69, 9.17) is 10.2 Å². The molecule has 0 aliphatic rings. The summed E-state index contributed by atoms with van der Waals surface area (Å²) in [6.45, 7) is 4.00. The maximum atomic E-state index is 12.3. The molecular formula is C22H23N5O2S. The molecule has 0 saturated heterocycles. The summed E-state index contributed by atoms with van der Waals surface area (Å²) in [6, 6.07) is 13.5. The Morgan fingerprint density at radius 2 is 2.03 bits per heavy atom. The van der Waals surface area contributed by atoms with Crippen LogP contribution in [0.5, 0.6) is 0 Å². The monoisotopic (exact) mass is 421 g/mol. The molecule has 0 bridgehead atoms. The first-order chi connectivity index (χ1) is 14.5. The Morgan fingerprint density at radius 3 is 2.90 bits per heavy atom. The quantitative estimate of drug-likeness (QED) is 0.387. The summed E-state index contributed by atoms with van der Waals surface area (Å²) in [5.74, 6) is 0.404. The van der Waals surface area contributed by atoms with E-state index in [1.165, 1.54) is 11.8 Å². The number of H-pyrrole nitrogens is 1. The fraction of sp³-hybridized carbons (Fsp3) is 0.227. The highest BCUT2D eigenvalue weighted by atomic mass is 32.2. The Kier molecular flexibility index (Phi) is 5.87. The van der Waals surface area contributed by atoms with Crippen LogP contribution in [0.25, 0.3) is 10.9 Å². The van der Waals surface area contributed by atoms with Gasteiger partial charge >= 0.3 is 0 Å². The molecule has 4 N–H and O–H groups in total. The van der Waals surface area contributed by atoms with Crippen LogP contribution >= 0.6 is 11.8 Å². The number of benzene rings is 2. The molecule has 0 saturated carbocycles. The lowest BCUT2D eigenvalue weighted by molar-refractivity contribution is -0.113. The molecule has 154 valence electrons. The molecule has 0 fully saturated rings. The molecule has 0 aliphatic carbocycles. The summed E-state index contributed by atoms with van der Waals surface area (Å²) >= 11 is 1.19. The van der Waals surface area contributed by atoms with E-state index in [-0.39, 0.29) is 11.7 Å². The summed E-state index contributed by atoms with van der Waals surface area (Å²) in [5, 5.41) is 12.5. The summed E-state index contributed by atoms with van der Waals surface area (Å²) in [5.41, 5.74) is 11.4. The zero-order valence-electron chi connectivity index (χ0n) is 16.8. The van der Waals surface area contributed by atoms with Crippen molar-refractivity contribution in [1.29, 1.82) is 0 Å². The molecule has 1 amide bonds. The van der Waals surface area contributed by atoms with Gasteiger partial charge in [-0.15, -0.1) is 10.2 Å². The van der Waals surface area contributed by atoms with Crippen molar-refractivity contribution in [3.8, 4) is 0 Å². The molecule has 4 rings (SSSR count). The second-order valence-electron chi connectivity index (χ2n) is 7.16. The van der Waals surface area contributed by atoms with Crippen LogP contribution in [0.15, 0.2) is 58.3 Å². The van der Waals surface area contributed by atoms with Crippen molar-refractivity contribution < 1.29 is 9.21 Å². The molecule has 0 aliphatic heterocycles. The van der Waals surface area contributed by atoms with Crippen LogP contribution in [0.4, 0.5) is 5.69 Å². The Bertz CT molecular complexity index is 1180. The van der Waals surface area contributed by atoms with E-state index < -0.39 is 6.04 Å². The number of hydrogen-bond acceptors (Lipinski definition) is 6. The minimum Gasteiger partial charge on any atom is -0.414 e. The molecule has 1 atom stereocenters. The van der Waals surface area contributed by atoms with Crippen LogP contribution in [0.2, 0.25) is 0 Å². The number of amides is 1. The minimum atomic E-state index is -0.421. The van der Waals surface area contributed by atoms with Gasteiger partial charge in [-0.2, -0.15) is 0 Å². The van der Waals surface area contributed by atoms with Crippen LogP contribution in [-0.4, -0.2) is 26.8 Å².